The lowest BCUT2D eigenvalue weighted by Gasteiger charge is -2.39. The zero-order valence-corrected chi connectivity index (χ0v) is 19.5. The van der Waals surface area contributed by atoms with Crippen LogP contribution in [-0.2, 0) is 29.2 Å². The van der Waals surface area contributed by atoms with Gasteiger partial charge in [0.1, 0.15) is 0 Å². The Kier molecular flexibility index (Phi) is 5.68. The molecule has 7 nitrogen and oxygen atoms in total. The van der Waals surface area contributed by atoms with Gasteiger partial charge in [0.2, 0.25) is 5.95 Å². The number of sulfone groups is 1. The molecule has 0 saturated heterocycles. The van der Waals surface area contributed by atoms with Crippen molar-refractivity contribution < 1.29 is 26.7 Å². The summed E-state index contributed by atoms with van der Waals surface area (Å²) in [6.07, 6.45) is -2.29. The number of hydrogen-bond acceptors (Lipinski definition) is 6. The molecule has 0 radical (unpaired) electrons. The first-order valence-corrected chi connectivity index (χ1v) is 12.4. The molecule has 4 rings (SSSR count). The maximum Gasteiger partial charge on any atom is 0.433 e. The lowest BCUT2D eigenvalue weighted by Crippen LogP contribution is -2.41. The maximum atomic E-state index is 13.5. The average Bonchev–Trinajstić information content (AvgIpc) is 3.08. The van der Waals surface area contributed by atoms with Crippen molar-refractivity contribution in [2.24, 2.45) is 5.92 Å². The average molecular weight is 483 g/mol. The molecule has 3 aromatic rings. The van der Waals surface area contributed by atoms with E-state index in [1.165, 1.54) is 13.1 Å². The molecular weight excluding hydrogens is 457 g/mol. The molecule has 0 unspecified atom stereocenters. The summed E-state index contributed by atoms with van der Waals surface area (Å²) in [5.74, 6) is 0.00953. The monoisotopic (exact) mass is 482 g/mol. The van der Waals surface area contributed by atoms with E-state index in [2.05, 4.69) is 9.97 Å². The van der Waals surface area contributed by atoms with Gasteiger partial charge in [0.15, 0.2) is 15.5 Å². The van der Waals surface area contributed by atoms with Crippen LogP contribution < -0.4 is 4.90 Å². The molecule has 0 saturated carbocycles. The number of benzene rings is 1. The highest BCUT2D eigenvalue weighted by atomic mass is 32.2. The molecule has 1 aliphatic heterocycles. The van der Waals surface area contributed by atoms with Crippen molar-refractivity contribution in [1.29, 1.82) is 0 Å². The summed E-state index contributed by atoms with van der Waals surface area (Å²) in [7, 11) is -3.56. The Morgan fingerprint density at radius 2 is 1.91 bits per heavy atom. The zero-order valence-electron chi connectivity index (χ0n) is 18.7. The van der Waals surface area contributed by atoms with Crippen LogP contribution in [0.3, 0.4) is 0 Å². The van der Waals surface area contributed by atoms with Gasteiger partial charge in [-0.2, -0.15) is 13.2 Å². The molecule has 33 heavy (non-hydrogen) atoms. The Bertz CT molecular complexity index is 1330. The highest BCUT2D eigenvalue weighted by molar-refractivity contribution is 7.90. The summed E-state index contributed by atoms with van der Waals surface area (Å²) in [6, 6.07) is 4.80. The van der Waals surface area contributed by atoms with Crippen LogP contribution in [0.2, 0.25) is 0 Å². The molecule has 2 aromatic heterocycles. The molecule has 1 N–H and O–H groups in total. The number of aliphatic hydroxyl groups excluding tert-OH is 1. The molecule has 0 aliphatic carbocycles. The topological polar surface area (TPSA) is 88.3 Å². The Hall–Kier alpha value is -2.66. The number of halogens is 3. The van der Waals surface area contributed by atoms with E-state index in [0.29, 0.717) is 24.2 Å². The van der Waals surface area contributed by atoms with Crippen molar-refractivity contribution in [2.45, 2.75) is 51.0 Å². The van der Waals surface area contributed by atoms with Gasteiger partial charge >= 0.3 is 6.18 Å². The fraction of sp³-hybridized carbons (Fsp3) is 0.455. The van der Waals surface area contributed by atoms with Crippen LogP contribution in [0.4, 0.5) is 19.1 Å². The standard InChI is InChI=1S/C22H25F3N4O3S/c1-12(2)19-17-8-14-7-15(11-30)18(33(4,31)32)9-16(14)28(17)5-6-29(19)21-26-10-13(3)20(27-21)22(23,24)25/h7-10,12,19,30H,5-6,11H2,1-4H3/t19-/m0/s1. The summed E-state index contributed by atoms with van der Waals surface area (Å²) in [5, 5.41) is 10.5. The van der Waals surface area contributed by atoms with Crippen LogP contribution in [0.1, 0.15) is 42.4 Å². The number of aryl methyl sites for hydroxylation is 1. The van der Waals surface area contributed by atoms with Crippen molar-refractivity contribution >= 4 is 26.7 Å². The van der Waals surface area contributed by atoms with Crippen LogP contribution in [-0.4, -0.2) is 40.9 Å². The molecule has 1 atom stereocenters. The first-order chi connectivity index (χ1) is 15.3. The molecule has 3 heterocycles. The van der Waals surface area contributed by atoms with E-state index < -0.39 is 28.3 Å². The number of nitrogens with zero attached hydrogens (tertiary/aromatic N) is 4. The normalized spacial score (nSPS) is 17.1. The number of aromatic nitrogens is 3. The highest BCUT2D eigenvalue weighted by Crippen LogP contribution is 2.40. The summed E-state index contributed by atoms with van der Waals surface area (Å²) in [4.78, 5) is 9.92. The Labute approximate surface area is 189 Å². The van der Waals surface area contributed by atoms with E-state index in [9.17, 15) is 26.7 Å². The first kappa shape index (κ1) is 23.5. The van der Waals surface area contributed by atoms with Crippen molar-refractivity contribution in [2.75, 3.05) is 17.7 Å². The molecule has 11 heteroatoms. The Balaban J connectivity index is 1.88. The molecule has 1 aliphatic rings. The van der Waals surface area contributed by atoms with Gasteiger partial charge in [0.25, 0.3) is 0 Å². The van der Waals surface area contributed by atoms with Crippen LogP contribution in [0.25, 0.3) is 10.9 Å². The van der Waals surface area contributed by atoms with E-state index in [1.54, 1.807) is 17.0 Å². The van der Waals surface area contributed by atoms with Crippen LogP contribution in [0.5, 0.6) is 0 Å². The fourth-order valence-corrected chi connectivity index (χ4v) is 5.54. The summed E-state index contributed by atoms with van der Waals surface area (Å²) >= 11 is 0. The third-order valence-corrected chi connectivity index (χ3v) is 7.18. The number of rotatable bonds is 4. The predicted molar refractivity (Wildman–Crippen MR) is 118 cm³/mol. The quantitative estimate of drug-likeness (QED) is 0.607. The Morgan fingerprint density at radius 1 is 1.21 bits per heavy atom. The molecule has 1 aromatic carbocycles. The van der Waals surface area contributed by atoms with Gasteiger partial charge in [0, 0.05) is 42.1 Å². The van der Waals surface area contributed by atoms with Crippen LogP contribution >= 0.6 is 0 Å². The molecule has 0 fully saturated rings. The van der Waals surface area contributed by atoms with E-state index in [1.807, 2.05) is 24.5 Å². The Morgan fingerprint density at radius 3 is 2.48 bits per heavy atom. The lowest BCUT2D eigenvalue weighted by atomic mass is 9.97. The smallest absolute Gasteiger partial charge is 0.392 e. The lowest BCUT2D eigenvalue weighted by molar-refractivity contribution is -0.141. The van der Waals surface area contributed by atoms with Crippen LogP contribution in [0, 0.1) is 12.8 Å². The first-order valence-electron chi connectivity index (χ1n) is 10.5. The summed E-state index contributed by atoms with van der Waals surface area (Å²) in [5.41, 5.74) is 0.852. The minimum atomic E-state index is -4.58. The summed E-state index contributed by atoms with van der Waals surface area (Å²) < 4.78 is 66.9. The third kappa shape index (κ3) is 4.08. The van der Waals surface area contributed by atoms with Gasteiger partial charge < -0.3 is 14.6 Å². The van der Waals surface area contributed by atoms with Gasteiger partial charge in [-0.3, -0.25) is 0 Å². The van der Waals surface area contributed by atoms with Crippen molar-refractivity contribution in [3.8, 4) is 0 Å². The largest absolute Gasteiger partial charge is 0.433 e. The molecule has 0 bridgehead atoms. The van der Waals surface area contributed by atoms with E-state index in [4.69, 9.17) is 0 Å². The summed E-state index contributed by atoms with van der Waals surface area (Å²) in [6.45, 7) is 5.61. The van der Waals surface area contributed by atoms with Crippen molar-refractivity contribution in [3.63, 3.8) is 0 Å². The number of hydrogen-bond donors (Lipinski definition) is 1. The number of aliphatic hydroxyl groups is 1. The van der Waals surface area contributed by atoms with Gasteiger partial charge in [-0.05, 0) is 42.2 Å². The number of alkyl halides is 3. The van der Waals surface area contributed by atoms with Gasteiger partial charge in [-0.1, -0.05) is 13.8 Å². The maximum absolute atomic E-state index is 13.5. The van der Waals surface area contributed by atoms with Crippen molar-refractivity contribution in [3.05, 3.63) is 46.9 Å². The highest BCUT2D eigenvalue weighted by Gasteiger charge is 2.38. The fourth-order valence-electron chi connectivity index (χ4n) is 4.61. The van der Waals surface area contributed by atoms with Gasteiger partial charge in [-0.25, -0.2) is 18.4 Å². The predicted octanol–water partition coefficient (Wildman–Crippen LogP) is 3.87. The minimum absolute atomic E-state index is 0.000655. The van der Waals surface area contributed by atoms with Crippen LogP contribution in [0.15, 0.2) is 29.3 Å². The van der Waals surface area contributed by atoms with Crippen molar-refractivity contribution in [1.82, 2.24) is 14.5 Å². The number of anilines is 1. The van der Waals surface area contributed by atoms with Gasteiger partial charge in [-0.15, -0.1) is 0 Å². The second-order valence-electron chi connectivity index (χ2n) is 8.75. The third-order valence-electron chi connectivity index (χ3n) is 6.00. The second-order valence-corrected chi connectivity index (χ2v) is 10.7. The SMILES string of the molecule is Cc1cnc(N2CCn3c(cc4cc(CO)c(S(C)(=O)=O)cc43)[C@@H]2C(C)C)nc1C(F)(F)F. The molecule has 178 valence electrons. The molecular formula is C22H25F3N4O3S. The number of fused-ring (bicyclic) bond motifs is 3. The minimum Gasteiger partial charge on any atom is -0.392 e. The van der Waals surface area contributed by atoms with E-state index in [-0.39, 0.29) is 28.4 Å². The molecule has 0 amide bonds. The second kappa shape index (κ2) is 7.98. The van der Waals surface area contributed by atoms with E-state index in [0.717, 1.165) is 17.3 Å². The molecule has 0 spiro atoms. The van der Waals surface area contributed by atoms with Gasteiger partial charge in [0.05, 0.1) is 17.5 Å². The zero-order chi connectivity index (χ0) is 24.3. The van der Waals surface area contributed by atoms with E-state index >= 15 is 0 Å².